The van der Waals surface area contributed by atoms with E-state index in [1.807, 2.05) is 24.3 Å². The number of halogens is 2. The van der Waals surface area contributed by atoms with Crippen LogP contribution in [0.25, 0.3) is 37.1 Å². The van der Waals surface area contributed by atoms with Gasteiger partial charge in [0, 0.05) is 33.5 Å². The van der Waals surface area contributed by atoms with Crippen molar-refractivity contribution in [2.75, 3.05) is 7.11 Å². The van der Waals surface area contributed by atoms with Crippen LogP contribution in [-0.4, -0.2) is 21.2 Å². The van der Waals surface area contributed by atoms with Crippen LogP contribution >= 0.6 is 22.9 Å². The maximum absolute atomic E-state index is 14.1. The number of ether oxygens (including phenoxy) is 1. The Labute approximate surface area is 207 Å². The molecule has 3 aromatic heterocycles. The van der Waals surface area contributed by atoms with E-state index in [4.69, 9.17) is 16.3 Å². The summed E-state index contributed by atoms with van der Waals surface area (Å²) < 4.78 is 22.7. The molecule has 6 nitrogen and oxygen atoms in total. The second kappa shape index (κ2) is 8.32. The van der Waals surface area contributed by atoms with E-state index in [0.717, 1.165) is 30.0 Å². The lowest BCUT2D eigenvalue weighted by Gasteiger charge is -2.28. The van der Waals surface area contributed by atoms with Gasteiger partial charge < -0.3 is 4.74 Å². The molecule has 0 aliphatic heterocycles. The van der Waals surface area contributed by atoms with Crippen molar-refractivity contribution in [1.29, 1.82) is 0 Å². The Hall–Kier alpha value is -3.49. The molecule has 1 aliphatic carbocycles. The van der Waals surface area contributed by atoms with Crippen LogP contribution < -0.4 is 16.0 Å². The van der Waals surface area contributed by atoms with Gasteiger partial charge in [0.1, 0.15) is 4.70 Å². The molecular weight excluding hydrogens is 489 g/mol. The molecule has 0 N–H and O–H groups in total. The second-order valence-corrected chi connectivity index (χ2v) is 10.0. The van der Waals surface area contributed by atoms with E-state index < -0.39 is 17.1 Å². The number of fused-ring (bicyclic) bond motifs is 2. The van der Waals surface area contributed by atoms with E-state index in [1.165, 1.54) is 35.1 Å². The predicted molar refractivity (Wildman–Crippen MR) is 137 cm³/mol. The fourth-order valence-electron chi connectivity index (χ4n) is 4.61. The number of rotatable bonds is 4. The van der Waals surface area contributed by atoms with Gasteiger partial charge >= 0.3 is 5.69 Å². The average molecular weight is 508 g/mol. The number of benzene rings is 2. The molecule has 0 radical (unpaired) electrons. The number of hydrogen-bond donors (Lipinski definition) is 0. The van der Waals surface area contributed by atoms with Crippen LogP contribution in [0.1, 0.15) is 25.3 Å². The topological polar surface area (TPSA) is 66.1 Å². The van der Waals surface area contributed by atoms with Gasteiger partial charge in [0.25, 0.3) is 5.56 Å². The minimum atomic E-state index is -0.570. The summed E-state index contributed by atoms with van der Waals surface area (Å²) in [4.78, 5) is 32.6. The SMILES string of the molecule is COc1cc(-c2cc3c(s2)c(=O)n(-c2cncc4ccccc24)c(=O)n3C2CCC2)c(Cl)cc1F. The molecule has 3 heterocycles. The molecule has 35 heavy (non-hydrogen) atoms. The zero-order valence-electron chi connectivity index (χ0n) is 18.6. The molecule has 176 valence electrons. The van der Waals surface area contributed by atoms with Crippen molar-refractivity contribution in [2.24, 2.45) is 0 Å². The average Bonchev–Trinajstić information content (AvgIpc) is 3.26. The fourth-order valence-corrected chi connectivity index (χ4v) is 6.03. The van der Waals surface area contributed by atoms with Gasteiger partial charge in [0.15, 0.2) is 11.6 Å². The molecule has 2 aromatic carbocycles. The van der Waals surface area contributed by atoms with Crippen LogP contribution in [0.15, 0.2) is 64.4 Å². The zero-order chi connectivity index (χ0) is 24.3. The van der Waals surface area contributed by atoms with Crippen LogP contribution in [-0.2, 0) is 0 Å². The molecule has 6 rings (SSSR count). The summed E-state index contributed by atoms with van der Waals surface area (Å²) in [5.41, 5.74) is 0.743. The maximum Gasteiger partial charge on any atom is 0.336 e. The highest BCUT2D eigenvalue weighted by molar-refractivity contribution is 7.22. The van der Waals surface area contributed by atoms with Gasteiger partial charge in [-0.05, 0) is 37.5 Å². The van der Waals surface area contributed by atoms with Gasteiger partial charge in [0.05, 0.1) is 29.5 Å². The van der Waals surface area contributed by atoms with Crippen LogP contribution in [0.4, 0.5) is 4.39 Å². The van der Waals surface area contributed by atoms with Gasteiger partial charge in [-0.3, -0.25) is 14.3 Å². The first-order chi connectivity index (χ1) is 17.0. The molecule has 0 unspecified atom stereocenters. The van der Waals surface area contributed by atoms with Gasteiger partial charge in [-0.25, -0.2) is 13.8 Å². The molecule has 9 heteroatoms. The minimum absolute atomic E-state index is 0.000427. The highest BCUT2D eigenvalue weighted by atomic mass is 35.5. The lowest BCUT2D eigenvalue weighted by Crippen LogP contribution is -2.41. The monoisotopic (exact) mass is 507 g/mol. The standard InChI is InChI=1S/C26H19ClFN3O3S/c1-34-22-9-17(18(27)10-19(22)28)23-11-20-24(35-23)25(32)31(26(33)30(20)15-6-4-7-15)21-13-29-12-14-5-2-3-8-16(14)21/h2-3,5,8-13,15H,4,6-7H2,1H3. The summed E-state index contributed by atoms with van der Waals surface area (Å²) in [5.74, 6) is -0.517. The number of nitrogens with zero attached hydrogens (tertiary/aromatic N) is 3. The Balaban J connectivity index is 1.68. The van der Waals surface area contributed by atoms with E-state index in [1.54, 1.807) is 23.0 Å². The third kappa shape index (κ3) is 3.39. The Morgan fingerprint density at radius 3 is 2.69 bits per heavy atom. The zero-order valence-corrected chi connectivity index (χ0v) is 20.2. The van der Waals surface area contributed by atoms with Crippen molar-refractivity contribution in [2.45, 2.75) is 25.3 Å². The van der Waals surface area contributed by atoms with Crippen LogP contribution in [0.3, 0.4) is 0 Å². The molecule has 0 amide bonds. The van der Waals surface area contributed by atoms with E-state index in [-0.39, 0.29) is 16.8 Å². The van der Waals surface area contributed by atoms with Gasteiger partial charge in [0.2, 0.25) is 0 Å². The summed E-state index contributed by atoms with van der Waals surface area (Å²) in [6.45, 7) is 0. The largest absolute Gasteiger partial charge is 0.494 e. The Morgan fingerprint density at radius 2 is 1.94 bits per heavy atom. The molecule has 0 saturated heterocycles. The van der Waals surface area contributed by atoms with Crippen molar-refractivity contribution >= 4 is 43.9 Å². The highest BCUT2D eigenvalue weighted by Gasteiger charge is 2.27. The number of hydrogen-bond acceptors (Lipinski definition) is 5. The second-order valence-electron chi connectivity index (χ2n) is 8.55. The van der Waals surface area contributed by atoms with Crippen molar-refractivity contribution in [1.82, 2.24) is 14.1 Å². The fraction of sp³-hybridized carbons (Fsp3) is 0.192. The lowest BCUT2D eigenvalue weighted by atomic mass is 9.92. The Kier molecular flexibility index (Phi) is 5.23. The highest BCUT2D eigenvalue weighted by Crippen LogP contribution is 2.41. The van der Waals surface area contributed by atoms with Gasteiger partial charge in [-0.1, -0.05) is 35.9 Å². The summed E-state index contributed by atoms with van der Waals surface area (Å²) in [7, 11) is 1.38. The molecule has 0 atom stereocenters. The minimum Gasteiger partial charge on any atom is -0.494 e. The predicted octanol–water partition coefficient (Wildman–Crippen LogP) is 5.96. The Morgan fingerprint density at radius 1 is 1.14 bits per heavy atom. The van der Waals surface area contributed by atoms with Crippen LogP contribution in [0.5, 0.6) is 5.75 Å². The van der Waals surface area contributed by atoms with E-state index in [9.17, 15) is 14.0 Å². The van der Waals surface area contributed by atoms with Crippen molar-refractivity contribution in [3.63, 3.8) is 0 Å². The molecule has 1 fully saturated rings. The lowest BCUT2D eigenvalue weighted by molar-refractivity contribution is 0.309. The first-order valence-electron chi connectivity index (χ1n) is 11.2. The smallest absolute Gasteiger partial charge is 0.336 e. The normalized spacial score (nSPS) is 13.9. The molecule has 0 spiro atoms. The first kappa shape index (κ1) is 22.0. The molecule has 1 saturated carbocycles. The maximum atomic E-state index is 14.1. The summed E-state index contributed by atoms with van der Waals surface area (Å²) in [6, 6.07) is 12.0. The number of thiophene rings is 1. The third-order valence-corrected chi connectivity index (χ3v) is 8.06. The summed E-state index contributed by atoms with van der Waals surface area (Å²) >= 11 is 7.61. The summed E-state index contributed by atoms with van der Waals surface area (Å²) in [5, 5.41) is 1.80. The van der Waals surface area contributed by atoms with Crippen LogP contribution in [0, 0.1) is 5.82 Å². The van der Waals surface area contributed by atoms with E-state index in [0.29, 0.717) is 26.3 Å². The molecule has 5 aromatic rings. The van der Waals surface area contributed by atoms with Crippen molar-refractivity contribution < 1.29 is 9.13 Å². The van der Waals surface area contributed by atoms with Crippen molar-refractivity contribution in [3.8, 4) is 21.9 Å². The quantitative estimate of drug-likeness (QED) is 0.301. The molecule has 0 bridgehead atoms. The van der Waals surface area contributed by atoms with Gasteiger partial charge in [-0.15, -0.1) is 11.3 Å². The van der Waals surface area contributed by atoms with E-state index >= 15 is 0 Å². The van der Waals surface area contributed by atoms with E-state index in [2.05, 4.69) is 4.98 Å². The number of pyridine rings is 1. The van der Waals surface area contributed by atoms with Crippen molar-refractivity contribution in [3.05, 3.63) is 86.5 Å². The van der Waals surface area contributed by atoms with Crippen LogP contribution in [0.2, 0.25) is 5.02 Å². The summed E-state index contributed by atoms with van der Waals surface area (Å²) in [6.07, 6.45) is 6.00. The molecule has 1 aliphatic rings. The number of aromatic nitrogens is 3. The number of methoxy groups -OCH3 is 1. The first-order valence-corrected chi connectivity index (χ1v) is 12.3. The third-order valence-electron chi connectivity index (χ3n) is 6.60. The molecular formula is C26H19ClFN3O3S. The van der Waals surface area contributed by atoms with Gasteiger partial charge in [-0.2, -0.15) is 0 Å². The Bertz CT molecular complexity index is 1750.